The lowest BCUT2D eigenvalue weighted by Gasteiger charge is -2.35. The average Bonchev–Trinajstić information content (AvgIpc) is 3.22. The molecule has 9 heteroatoms. The highest BCUT2D eigenvalue weighted by Crippen LogP contribution is 2.29. The van der Waals surface area contributed by atoms with Crippen LogP contribution in [0.3, 0.4) is 0 Å². The number of anilines is 1. The number of fused-ring (bicyclic) bond motifs is 1. The molecule has 1 aliphatic rings. The van der Waals surface area contributed by atoms with Crippen molar-refractivity contribution < 1.29 is 0 Å². The van der Waals surface area contributed by atoms with Gasteiger partial charge in [-0.3, -0.25) is 0 Å². The Labute approximate surface area is 194 Å². The zero-order chi connectivity index (χ0) is 23.5. The number of hydrogen-bond acceptors (Lipinski definition) is 8. The smallest absolute Gasteiger partial charge is 0.164 e. The predicted octanol–water partition coefficient (Wildman–Crippen LogP) is 3.52. The Kier molecular flexibility index (Phi) is 6.47. The summed E-state index contributed by atoms with van der Waals surface area (Å²) >= 11 is 0. The van der Waals surface area contributed by atoms with E-state index in [1.165, 1.54) is 25.5 Å². The van der Waals surface area contributed by atoms with Crippen molar-refractivity contribution in [1.82, 2.24) is 24.8 Å². The SMILES string of the molecule is CC(C)Nc1cc(-n2ncc3cc(C#N)cnc32)ncc1/C(N)=C/N(N)C1CCCCC1C. The van der Waals surface area contributed by atoms with E-state index in [4.69, 9.17) is 16.8 Å². The number of nitrogens with one attached hydrogen (secondary N) is 1. The first-order valence-corrected chi connectivity index (χ1v) is 11.4. The van der Waals surface area contributed by atoms with Gasteiger partial charge in [0, 0.05) is 53.4 Å². The van der Waals surface area contributed by atoms with Gasteiger partial charge in [0.15, 0.2) is 11.5 Å². The first-order chi connectivity index (χ1) is 15.9. The summed E-state index contributed by atoms with van der Waals surface area (Å²) < 4.78 is 1.66. The molecule has 2 unspecified atom stereocenters. The van der Waals surface area contributed by atoms with Gasteiger partial charge in [0.2, 0.25) is 0 Å². The molecule has 2 atom stereocenters. The number of hydrogen-bond donors (Lipinski definition) is 3. The first-order valence-electron chi connectivity index (χ1n) is 11.4. The standard InChI is InChI=1S/C24H31N9/c1-15(2)31-21-9-23(33-24-18(12-30-33)8-17(10-25)11-29-24)28-13-19(21)20(26)14-32(27)22-7-5-4-6-16(22)3/h8-9,11-16,22H,4-7,26-27H2,1-3H3,(H,28,31)/b20-14-. The van der Waals surface area contributed by atoms with Crippen LogP contribution in [-0.2, 0) is 0 Å². The highest BCUT2D eigenvalue weighted by Gasteiger charge is 2.24. The number of nitrogens with two attached hydrogens (primary N) is 2. The molecule has 0 aromatic carbocycles. The van der Waals surface area contributed by atoms with Gasteiger partial charge in [0.05, 0.1) is 17.5 Å². The normalized spacial score (nSPS) is 19.0. The van der Waals surface area contributed by atoms with Gasteiger partial charge in [-0.1, -0.05) is 19.8 Å². The lowest BCUT2D eigenvalue weighted by Crippen LogP contribution is -2.43. The van der Waals surface area contributed by atoms with Crippen LogP contribution in [0.25, 0.3) is 22.5 Å². The molecule has 3 aromatic heterocycles. The monoisotopic (exact) mass is 445 g/mol. The fraction of sp³-hybridized carbons (Fsp3) is 0.417. The van der Waals surface area contributed by atoms with Crippen LogP contribution in [0, 0.1) is 17.2 Å². The quantitative estimate of drug-likeness (QED) is 0.387. The number of rotatable bonds is 6. The highest BCUT2D eigenvalue weighted by atomic mass is 15.4. The summed E-state index contributed by atoms with van der Waals surface area (Å²) in [5.41, 5.74) is 9.81. The second-order valence-corrected chi connectivity index (χ2v) is 9.05. The summed E-state index contributed by atoms with van der Waals surface area (Å²) in [4.78, 5) is 9.01. The summed E-state index contributed by atoms with van der Waals surface area (Å²) in [6.45, 7) is 6.38. The molecule has 4 rings (SSSR count). The molecule has 0 bridgehead atoms. The molecule has 0 spiro atoms. The maximum absolute atomic E-state index is 9.12. The van der Waals surface area contributed by atoms with Crippen LogP contribution < -0.4 is 16.9 Å². The molecule has 3 heterocycles. The van der Waals surface area contributed by atoms with Gasteiger partial charge in [0.1, 0.15) is 6.07 Å². The van der Waals surface area contributed by atoms with E-state index in [0.717, 1.165) is 23.1 Å². The molecule has 1 fully saturated rings. The van der Waals surface area contributed by atoms with Crippen molar-refractivity contribution in [2.75, 3.05) is 5.32 Å². The molecule has 0 amide bonds. The third kappa shape index (κ3) is 4.76. The maximum Gasteiger partial charge on any atom is 0.164 e. The summed E-state index contributed by atoms with van der Waals surface area (Å²) in [5.74, 6) is 7.55. The van der Waals surface area contributed by atoms with Crippen LogP contribution in [0.15, 0.2) is 36.9 Å². The molecule has 0 aliphatic heterocycles. The van der Waals surface area contributed by atoms with Gasteiger partial charge in [0.25, 0.3) is 0 Å². The highest BCUT2D eigenvalue weighted by molar-refractivity contribution is 5.79. The molecule has 9 nitrogen and oxygen atoms in total. The van der Waals surface area contributed by atoms with Crippen molar-refractivity contribution in [3.05, 3.63) is 48.1 Å². The fourth-order valence-electron chi connectivity index (χ4n) is 4.44. The largest absolute Gasteiger partial charge is 0.397 e. The van der Waals surface area contributed by atoms with Crippen molar-refractivity contribution in [2.45, 2.75) is 58.5 Å². The summed E-state index contributed by atoms with van der Waals surface area (Å²) in [6.07, 6.45) is 11.5. The van der Waals surface area contributed by atoms with Gasteiger partial charge in [-0.2, -0.15) is 15.0 Å². The molecule has 1 aliphatic carbocycles. The lowest BCUT2D eigenvalue weighted by molar-refractivity contribution is 0.163. The first kappa shape index (κ1) is 22.6. The van der Waals surface area contributed by atoms with Crippen LogP contribution in [0.1, 0.15) is 57.6 Å². The summed E-state index contributed by atoms with van der Waals surface area (Å²) in [7, 11) is 0. The molecule has 3 aromatic rings. The number of aromatic nitrogens is 4. The molecular formula is C24H31N9. The van der Waals surface area contributed by atoms with Crippen molar-refractivity contribution in [1.29, 1.82) is 5.26 Å². The fourth-order valence-corrected chi connectivity index (χ4v) is 4.44. The van der Waals surface area contributed by atoms with Gasteiger partial charge in [-0.05, 0) is 38.7 Å². The Balaban J connectivity index is 1.69. The Bertz CT molecular complexity index is 1200. The molecule has 0 radical (unpaired) electrons. The van der Waals surface area contributed by atoms with Gasteiger partial charge >= 0.3 is 0 Å². The van der Waals surface area contributed by atoms with E-state index in [2.05, 4.69) is 47.2 Å². The van der Waals surface area contributed by atoms with E-state index in [0.29, 0.717) is 28.6 Å². The van der Waals surface area contributed by atoms with Crippen molar-refractivity contribution in [2.24, 2.45) is 17.5 Å². The van der Waals surface area contributed by atoms with Crippen LogP contribution in [-0.4, -0.2) is 36.8 Å². The zero-order valence-corrected chi connectivity index (χ0v) is 19.4. The Hall–Kier alpha value is -3.64. The Morgan fingerprint density at radius 2 is 2.03 bits per heavy atom. The third-order valence-corrected chi connectivity index (χ3v) is 6.14. The van der Waals surface area contributed by atoms with Crippen molar-refractivity contribution >= 4 is 22.4 Å². The Morgan fingerprint density at radius 1 is 1.24 bits per heavy atom. The van der Waals surface area contributed by atoms with E-state index in [-0.39, 0.29) is 12.1 Å². The molecule has 0 saturated heterocycles. The van der Waals surface area contributed by atoms with E-state index in [1.54, 1.807) is 28.2 Å². The third-order valence-electron chi connectivity index (χ3n) is 6.14. The van der Waals surface area contributed by atoms with E-state index in [9.17, 15) is 0 Å². The van der Waals surface area contributed by atoms with Gasteiger partial charge in [-0.25, -0.2) is 15.8 Å². The van der Waals surface area contributed by atoms with E-state index in [1.807, 2.05) is 12.3 Å². The van der Waals surface area contributed by atoms with Crippen molar-refractivity contribution in [3.63, 3.8) is 0 Å². The number of nitriles is 1. The number of nitrogens with zero attached hydrogens (tertiary/aromatic N) is 6. The predicted molar refractivity (Wildman–Crippen MR) is 130 cm³/mol. The number of hydrazine groups is 1. The summed E-state index contributed by atoms with van der Waals surface area (Å²) in [6, 6.07) is 6.24. The molecule has 172 valence electrons. The number of pyridine rings is 2. The molecule has 33 heavy (non-hydrogen) atoms. The van der Waals surface area contributed by atoms with E-state index >= 15 is 0 Å². The lowest BCUT2D eigenvalue weighted by atomic mass is 9.85. The minimum absolute atomic E-state index is 0.185. The van der Waals surface area contributed by atoms with E-state index < -0.39 is 0 Å². The average molecular weight is 446 g/mol. The van der Waals surface area contributed by atoms with Gasteiger partial charge in [-0.15, -0.1) is 0 Å². The second kappa shape index (κ2) is 9.46. The van der Waals surface area contributed by atoms with Crippen molar-refractivity contribution in [3.8, 4) is 11.9 Å². The van der Waals surface area contributed by atoms with Gasteiger partial charge < -0.3 is 16.1 Å². The topological polar surface area (TPSA) is 135 Å². The Morgan fingerprint density at radius 3 is 2.76 bits per heavy atom. The molecule has 1 saturated carbocycles. The minimum atomic E-state index is 0.185. The van der Waals surface area contributed by atoms with Crippen LogP contribution in [0.2, 0.25) is 0 Å². The zero-order valence-electron chi connectivity index (χ0n) is 19.4. The maximum atomic E-state index is 9.12. The second-order valence-electron chi connectivity index (χ2n) is 9.05. The van der Waals surface area contributed by atoms with Crippen LogP contribution in [0.4, 0.5) is 5.69 Å². The van der Waals surface area contributed by atoms with Crippen LogP contribution in [0.5, 0.6) is 0 Å². The minimum Gasteiger partial charge on any atom is -0.397 e. The molecular weight excluding hydrogens is 414 g/mol. The summed E-state index contributed by atoms with van der Waals surface area (Å²) in [5, 5.41) is 19.6. The van der Waals surface area contributed by atoms with Crippen LogP contribution >= 0.6 is 0 Å². The molecule has 5 N–H and O–H groups in total.